The van der Waals surface area contributed by atoms with Crippen LogP contribution in [-0.4, -0.2) is 18.4 Å². The van der Waals surface area contributed by atoms with Crippen LogP contribution in [0.3, 0.4) is 0 Å². The maximum absolute atomic E-state index is 5.76. The summed E-state index contributed by atoms with van der Waals surface area (Å²) in [6.45, 7) is 1.85. The summed E-state index contributed by atoms with van der Waals surface area (Å²) in [5, 5.41) is 2.89. The number of nitrogens with one attached hydrogen (secondary N) is 1. The van der Waals surface area contributed by atoms with Crippen LogP contribution in [0, 0.1) is 0 Å². The maximum atomic E-state index is 5.76. The molecule has 1 atom stereocenters. The first-order chi connectivity index (χ1) is 4.74. The second-order valence-electron chi connectivity index (χ2n) is 1.95. The second-order valence-corrected chi connectivity index (χ2v) is 2.36. The largest absolute Gasteiger partial charge is 0.496 e. The smallest absolute Gasteiger partial charge is 0.183 e. The Kier molecular flexibility index (Phi) is 2.17. The van der Waals surface area contributed by atoms with Crippen molar-refractivity contribution < 1.29 is 4.74 Å². The average Bonchev–Trinajstić information content (AvgIpc) is 1.88. The number of aliphatic imine (C=N–C) groups is 1. The van der Waals surface area contributed by atoms with Gasteiger partial charge in [0.2, 0.25) is 0 Å². The van der Waals surface area contributed by atoms with Gasteiger partial charge in [0, 0.05) is 6.20 Å². The molecule has 1 aliphatic heterocycles. The van der Waals surface area contributed by atoms with E-state index in [2.05, 4.69) is 10.3 Å². The standard InChI is InChI=1S/C6H9ClN2O/c1-4-8-3-5(10-2)6(7)9-4/h3,6H,1-2H3,(H,8,9). The van der Waals surface area contributed by atoms with Crippen LogP contribution in [0.25, 0.3) is 0 Å². The number of hydrogen-bond donors (Lipinski definition) is 1. The van der Waals surface area contributed by atoms with E-state index in [1.807, 2.05) is 6.92 Å². The highest BCUT2D eigenvalue weighted by molar-refractivity contribution is 6.22. The molecule has 0 aromatic carbocycles. The summed E-state index contributed by atoms with van der Waals surface area (Å²) in [5.74, 6) is 1.45. The zero-order chi connectivity index (χ0) is 7.56. The van der Waals surface area contributed by atoms with E-state index in [0.717, 1.165) is 5.84 Å². The molecule has 0 saturated carbocycles. The van der Waals surface area contributed by atoms with Crippen molar-refractivity contribution >= 4 is 17.4 Å². The van der Waals surface area contributed by atoms with Gasteiger partial charge in [-0.05, 0) is 6.92 Å². The van der Waals surface area contributed by atoms with Crippen molar-refractivity contribution in [2.45, 2.75) is 12.4 Å². The summed E-state index contributed by atoms with van der Waals surface area (Å²) < 4.78 is 4.91. The topological polar surface area (TPSA) is 33.6 Å². The predicted molar refractivity (Wildman–Crippen MR) is 41.0 cm³/mol. The maximum Gasteiger partial charge on any atom is 0.183 e. The van der Waals surface area contributed by atoms with Crippen molar-refractivity contribution in [3.8, 4) is 0 Å². The van der Waals surface area contributed by atoms with Crippen LogP contribution in [0.2, 0.25) is 0 Å². The number of nitrogens with zero attached hydrogens (tertiary/aromatic N) is 1. The van der Waals surface area contributed by atoms with Crippen LogP contribution in [0.15, 0.2) is 17.0 Å². The van der Waals surface area contributed by atoms with E-state index in [4.69, 9.17) is 16.3 Å². The Morgan fingerprint density at radius 3 is 3.00 bits per heavy atom. The summed E-state index contributed by atoms with van der Waals surface area (Å²) in [5.41, 5.74) is -0.369. The van der Waals surface area contributed by atoms with E-state index < -0.39 is 0 Å². The highest BCUT2D eigenvalue weighted by Gasteiger charge is 2.13. The summed E-state index contributed by atoms with van der Waals surface area (Å²) in [4.78, 5) is 4.01. The van der Waals surface area contributed by atoms with Gasteiger partial charge in [0.1, 0.15) is 0 Å². The van der Waals surface area contributed by atoms with Crippen LogP contribution < -0.4 is 5.32 Å². The van der Waals surface area contributed by atoms with E-state index in [-0.39, 0.29) is 5.50 Å². The highest BCUT2D eigenvalue weighted by Crippen LogP contribution is 2.13. The van der Waals surface area contributed by atoms with Gasteiger partial charge in [-0.15, -0.1) is 0 Å². The number of methoxy groups -OCH3 is 1. The fourth-order valence-corrected chi connectivity index (χ4v) is 0.970. The monoisotopic (exact) mass is 160 g/mol. The van der Waals surface area contributed by atoms with Crippen LogP contribution >= 0.6 is 11.6 Å². The molecule has 0 bridgehead atoms. The Morgan fingerprint density at radius 1 is 1.80 bits per heavy atom. The lowest BCUT2D eigenvalue weighted by Crippen LogP contribution is -2.23. The number of hydrogen-bond acceptors (Lipinski definition) is 3. The Bertz CT molecular complexity index is 188. The zero-order valence-electron chi connectivity index (χ0n) is 5.89. The molecule has 4 heteroatoms. The number of rotatable bonds is 1. The number of amidine groups is 1. The molecule has 0 aromatic rings. The third-order valence-electron chi connectivity index (χ3n) is 1.20. The first kappa shape index (κ1) is 7.41. The Labute approximate surface area is 64.7 Å². The van der Waals surface area contributed by atoms with Gasteiger partial charge in [0.15, 0.2) is 11.3 Å². The third kappa shape index (κ3) is 1.42. The van der Waals surface area contributed by atoms with Crippen LogP contribution in [-0.2, 0) is 4.74 Å². The summed E-state index contributed by atoms with van der Waals surface area (Å²) in [6.07, 6.45) is 1.71. The van der Waals surface area contributed by atoms with Gasteiger partial charge in [0.05, 0.1) is 12.9 Å². The van der Waals surface area contributed by atoms with E-state index >= 15 is 0 Å². The lowest BCUT2D eigenvalue weighted by molar-refractivity contribution is 0.277. The first-order valence-electron chi connectivity index (χ1n) is 2.93. The first-order valence-corrected chi connectivity index (χ1v) is 3.36. The molecule has 0 spiro atoms. The molecule has 0 radical (unpaired) electrons. The van der Waals surface area contributed by atoms with Crippen molar-refractivity contribution in [2.24, 2.45) is 4.99 Å². The molecule has 1 aliphatic rings. The van der Waals surface area contributed by atoms with Crippen molar-refractivity contribution in [1.82, 2.24) is 5.32 Å². The molecule has 0 fully saturated rings. The highest BCUT2D eigenvalue weighted by atomic mass is 35.5. The van der Waals surface area contributed by atoms with Crippen molar-refractivity contribution in [1.29, 1.82) is 0 Å². The van der Waals surface area contributed by atoms with Gasteiger partial charge in [-0.2, -0.15) is 0 Å². The molecule has 1 heterocycles. The average molecular weight is 161 g/mol. The predicted octanol–water partition coefficient (Wildman–Crippen LogP) is 1.06. The third-order valence-corrected chi connectivity index (χ3v) is 1.51. The van der Waals surface area contributed by atoms with Gasteiger partial charge in [-0.1, -0.05) is 11.6 Å². The number of ether oxygens (including phenoxy) is 1. The van der Waals surface area contributed by atoms with Gasteiger partial charge in [-0.25, -0.2) is 4.99 Å². The van der Waals surface area contributed by atoms with Crippen LogP contribution in [0.4, 0.5) is 0 Å². The minimum absolute atomic E-state index is 0.369. The van der Waals surface area contributed by atoms with Gasteiger partial charge in [0.25, 0.3) is 0 Å². The summed E-state index contributed by atoms with van der Waals surface area (Å²) in [6, 6.07) is 0. The van der Waals surface area contributed by atoms with E-state index in [0.29, 0.717) is 5.76 Å². The zero-order valence-corrected chi connectivity index (χ0v) is 6.64. The fraction of sp³-hybridized carbons (Fsp3) is 0.500. The normalized spacial score (nSPS) is 24.5. The molecular formula is C6H9ClN2O. The number of halogens is 1. The SMILES string of the molecule is COC1=CNC(C)=NC1Cl. The minimum Gasteiger partial charge on any atom is -0.496 e. The van der Waals surface area contributed by atoms with Crippen molar-refractivity contribution in [3.05, 3.63) is 12.0 Å². The van der Waals surface area contributed by atoms with Crippen LogP contribution in [0.1, 0.15) is 6.92 Å². The van der Waals surface area contributed by atoms with E-state index in [9.17, 15) is 0 Å². The molecular weight excluding hydrogens is 152 g/mol. The summed E-state index contributed by atoms with van der Waals surface area (Å²) in [7, 11) is 1.57. The van der Waals surface area contributed by atoms with Gasteiger partial charge < -0.3 is 10.1 Å². The molecule has 0 saturated heterocycles. The van der Waals surface area contributed by atoms with Crippen LogP contribution in [0.5, 0.6) is 0 Å². The lowest BCUT2D eigenvalue weighted by Gasteiger charge is -2.15. The van der Waals surface area contributed by atoms with E-state index in [1.165, 1.54) is 0 Å². The van der Waals surface area contributed by atoms with Gasteiger partial charge >= 0.3 is 0 Å². The Morgan fingerprint density at radius 2 is 2.50 bits per heavy atom. The Balaban J connectivity index is 2.66. The fourth-order valence-electron chi connectivity index (χ4n) is 0.671. The molecule has 0 aromatic heterocycles. The molecule has 1 rings (SSSR count). The molecule has 1 N–H and O–H groups in total. The lowest BCUT2D eigenvalue weighted by atomic mass is 10.4. The molecule has 56 valence electrons. The van der Waals surface area contributed by atoms with Crippen molar-refractivity contribution in [3.63, 3.8) is 0 Å². The second kappa shape index (κ2) is 2.92. The molecule has 0 aliphatic carbocycles. The Hall–Kier alpha value is -0.700. The molecule has 0 amide bonds. The van der Waals surface area contributed by atoms with Crippen molar-refractivity contribution in [2.75, 3.05) is 7.11 Å². The number of alkyl halides is 1. The minimum atomic E-state index is -0.369. The van der Waals surface area contributed by atoms with E-state index in [1.54, 1.807) is 13.3 Å². The summed E-state index contributed by atoms with van der Waals surface area (Å²) >= 11 is 5.76. The molecule has 3 nitrogen and oxygen atoms in total. The molecule has 10 heavy (non-hydrogen) atoms. The molecule has 1 unspecified atom stereocenters. The van der Waals surface area contributed by atoms with Gasteiger partial charge in [-0.3, -0.25) is 0 Å². The quantitative estimate of drug-likeness (QED) is 0.460.